The molecule has 2 heterocycles. The van der Waals surface area contributed by atoms with Crippen molar-refractivity contribution < 1.29 is 9.59 Å². The Hall–Kier alpha value is -2.41. The van der Waals surface area contributed by atoms with Gasteiger partial charge in [0.1, 0.15) is 0 Å². The monoisotopic (exact) mass is 433 g/mol. The summed E-state index contributed by atoms with van der Waals surface area (Å²) in [5.74, 6) is -0.344. The van der Waals surface area contributed by atoms with Gasteiger partial charge in [-0.25, -0.2) is 0 Å². The van der Waals surface area contributed by atoms with Crippen LogP contribution in [0.2, 0.25) is 10.0 Å². The number of rotatable bonds is 7. The second-order valence-electron chi connectivity index (χ2n) is 5.96. The van der Waals surface area contributed by atoms with E-state index in [2.05, 4.69) is 15.6 Å². The molecule has 2 amide bonds. The first-order chi connectivity index (χ1) is 13.5. The molecule has 0 fully saturated rings. The SMILES string of the molecule is O=C(CCNC(=O)c1ccc(-c2cc(Cl)cc(Cl)c2)s1)NCc1ccncc1. The van der Waals surface area contributed by atoms with Crippen LogP contribution in [0, 0.1) is 0 Å². The predicted octanol–water partition coefficient (Wildman–Crippen LogP) is 4.55. The highest BCUT2D eigenvalue weighted by Crippen LogP contribution is 2.32. The standard InChI is InChI=1S/C20H17Cl2N3O2S/c21-15-9-14(10-16(22)11-15)17-1-2-18(28-17)20(27)24-8-5-19(26)25-12-13-3-6-23-7-4-13/h1-4,6-7,9-11H,5,8,12H2,(H,24,27)(H,25,26). The normalized spacial score (nSPS) is 10.5. The van der Waals surface area contributed by atoms with Gasteiger partial charge in [0.25, 0.3) is 5.91 Å². The zero-order chi connectivity index (χ0) is 19.9. The molecule has 5 nitrogen and oxygen atoms in total. The van der Waals surface area contributed by atoms with Gasteiger partial charge in [-0.15, -0.1) is 11.3 Å². The number of aromatic nitrogens is 1. The van der Waals surface area contributed by atoms with E-state index in [4.69, 9.17) is 23.2 Å². The van der Waals surface area contributed by atoms with Crippen molar-refractivity contribution in [2.24, 2.45) is 0 Å². The van der Waals surface area contributed by atoms with Gasteiger partial charge in [0.15, 0.2) is 0 Å². The number of carbonyl (C=O) groups excluding carboxylic acids is 2. The van der Waals surface area contributed by atoms with E-state index >= 15 is 0 Å². The Morgan fingerprint density at radius 1 is 0.964 bits per heavy atom. The summed E-state index contributed by atoms with van der Waals surface area (Å²) < 4.78 is 0. The fourth-order valence-corrected chi connectivity index (χ4v) is 3.91. The van der Waals surface area contributed by atoms with Gasteiger partial charge < -0.3 is 10.6 Å². The molecule has 3 aromatic rings. The van der Waals surface area contributed by atoms with E-state index in [9.17, 15) is 9.59 Å². The Morgan fingerprint density at radius 3 is 2.39 bits per heavy atom. The fraction of sp³-hybridized carbons (Fsp3) is 0.150. The first-order valence-electron chi connectivity index (χ1n) is 8.51. The molecule has 0 saturated heterocycles. The van der Waals surface area contributed by atoms with Crippen LogP contribution in [0.1, 0.15) is 21.7 Å². The lowest BCUT2D eigenvalue weighted by atomic mass is 10.2. The van der Waals surface area contributed by atoms with Crippen LogP contribution in [0.4, 0.5) is 0 Å². The second-order valence-corrected chi connectivity index (χ2v) is 7.92. The Bertz CT molecular complexity index is 956. The number of hydrogen-bond donors (Lipinski definition) is 2. The molecule has 0 radical (unpaired) electrons. The Morgan fingerprint density at radius 2 is 1.68 bits per heavy atom. The van der Waals surface area contributed by atoms with Crippen molar-refractivity contribution in [3.8, 4) is 10.4 Å². The number of hydrogen-bond acceptors (Lipinski definition) is 4. The summed E-state index contributed by atoms with van der Waals surface area (Å²) in [6.45, 7) is 0.697. The van der Waals surface area contributed by atoms with Crippen LogP contribution in [0.25, 0.3) is 10.4 Å². The third kappa shape index (κ3) is 5.79. The Balaban J connectivity index is 1.47. The van der Waals surface area contributed by atoms with Gasteiger partial charge in [0.2, 0.25) is 5.91 Å². The first-order valence-corrected chi connectivity index (χ1v) is 10.1. The van der Waals surface area contributed by atoms with E-state index in [1.165, 1.54) is 11.3 Å². The number of nitrogens with one attached hydrogen (secondary N) is 2. The van der Waals surface area contributed by atoms with Crippen LogP contribution < -0.4 is 10.6 Å². The number of nitrogens with zero attached hydrogens (tertiary/aromatic N) is 1. The number of pyridine rings is 1. The molecule has 3 rings (SSSR count). The van der Waals surface area contributed by atoms with Crippen molar-refractivity contribution >= 4 is 46.4 Å². The minimum atomic E-state index is -0.216. The van der Waals surface area contributed by atoms with Crippen molar-refractivity contribution in [2.45, 2.75) is 13.0 Å². The Labute approximate surface area is 176 Å². The molecule has 2 aromatic heterocycles. The summed E-state index contributed by atoms with van der Waals surface area (Å²) in [7, 11) is 0. The zero-order valence-corrected chi connectivity index (χ0v) is 17.1. The lowest BCUT2D eigenvalue weighted by Gasteiger charge is -2.06. The largest absolute Gasteiger partial charge is 0.352 e. The predicted molar refractivity (Wildman–Crippen MR) is 113 cm³/mol. The lowest BCUT2D eigenvalue weighted by Crippen LogP contribution is -2.30. The summed E-state index contributed by atoms with van der Waals surface area (Å²) in [5.41, 5.74) is 1.83. The third-order valence-corrected chi connectivity index (χ3v) is 5.42. The maximum absolute atomic E-state index is 12.3. The van der Waals surface area contributed by atoms with Crippen molar-refractivity contribution in [1.29, 1.82) is 0 Å². The molecular weight excluding hydrogens is 417 g/mol. The maximum atomic E-state index is 12.3. The van der Waals surface area contributed by atoms with Crippen molar-refractivity contribution in [3.63, 3.8) is 0 Å². The van der Waals surface area contributed by atoms with E-state index in [-0.39, 0.29) is 24.8 Å². The van der Waals surface area contributed by atoms with Gasteiger partial charge in [-0.3, -0.25) is 14.6 Å². The molecule has 0 aliphatic carbocycles. The third-order valence-electron chi connectivity index (χ3n) is 3.85. The van der Waals surface area contributed by atoms with E-state index in [0.717, 1.165) is 16.0 Å². The van der Waals surface area contributed by atoms with Gasteiger partial charge in [-0.05, 0) is 53.6 Å². The molecule has 0 aliphatic heterocycles. The summed E-state index contributed by atoms with van der Waals surface area (Å²) >= 11 is 13.4. The summed E-state index contributed by atoms with van der Waals surface area (Å²) in [6.07, 6.45) is 3.56. The quantitative estimate of drug-likeness (QED) is 0.573. The topological polar surface area (TPSA) is 71.1 Å². The van der Waals surface area contributed by atoms with Crippen LogP contribution in [-0.2, 0) is 11.3 Å². The average molecular weight is 434 g/mol. The molecule has 0 atom stereocenters. The fourth-order valence-electron chi connectivity index (χ4n) is 2.48. The molecule has 0 aliphatic rings. The minimum absolute atomic E-state index is 0.127. The number of carbonyl (C=O) groups is 2. The number of halogens is 2. The van der Waals surface area contributed by atoms with Crippen LogP contribution in [-0.4, -0.2) is 23.3 Å². The highest BCUT2D eigenvalue weighted by molar-refractivity contribution is 7.17. The average Bonchev–Trinajstić information content (AvgIpc) is 3.17. The van der Waals surface area contributed by atoms with Crippen LogP contribution >= 0.6 is 34.5 Å². The van der Waals surface area contributed by atoms with Gasteiger partial charge in [0.05, 0.1) is 4.88 Å². The smallest absolute Gasteiger partial charge is 0.261 e. The molecule has 0 saturated carbocycles. The first kappa shape index (κ1) is 20.3. The second kappa shape index (κ2) is 9.68. The maximum Gasteiger partial charge on any atom is 0.261 e. The van der Waals surface area contributed by atoms with E-state index in [0.29, 0.717) is 21.5 Å². The van der Waals surface area contributed by atoms with Crippen molar-refractivity contribution in [3.05, 3.63) is 75.3 Å². The molecular formula is C20H17Cl2N3O2S. The molecule has 2 N–H and O–H groups in total. The lowest BCUT2D eigenvalue weighted by molar-refractivity contribution is -0.121. The molecule has 144 valence electrons. The summed E-state index contributed by atoms with van der Waals surface area (Å²) in [4.78, 5) is 29.6. The summed E-state index contributed by atoms with van der Waals surface area (Å²) in [5, 5.41) is 6.66. The highest BCUT2D eigenvalue weighted by Gasteiger charge is 2.11. The molecule has 28 heavy (non-hydrogen) atoms. The highest BCUT2D eigenvalue weighted by atomic mass is 35.5. The van der Waals surface area contributed by atoms with Crippen molar-refractivity contribution in [1.82, 2.24) is 15.6 Å². The van der Waals surface area contributed by atoms with E-state index in [1.54, 1.807) is 36.7 Å². The number of benzene rings is 1. The molecule has 0 unspecified atom stereocenters. The molecule has 0 spiro atoms. The molecule has 1 aromatic carbocycles. The number of thiophene rings is 1. The van der Waals surface area contributed by atoms with Crippen LogP contribution in [0.5, 0.6) is 0 Å². The molecule has 8 heteroatoms. The van der Waals surface area contributed by atoms with Gasteiger partial charge in [-0.1, -0.05) is 23.2 Å². The zero-order valence-electron chi connectivity index (χ0n) is 14.7. The van der Waals surface area contributed by atoms with Gasteiger partial charge in [-0.2, -0.15) is 0 Å². The minimum Gasteiger partial charge on any atom is -0.352 e. The van der Waals surface area contributed by atoms with E-state index < -0.39 is 0 Å². The Kier molecular flexibility index (Phi) is 7.03. The van der Waals surface area contributed by atoms with Gasteiger partial charge >= 0.3 is 0 Å². The van der Waals surface area contributed by atoms with Gasteiger partial charge in [0, 0.05) is 46.8 Å². The molecule has 0 bridgehead atoms. The number of amides is 2. The van der Waals surface area contributed by atoms with Crippen LogP contribution in [0.3, 0.4) is 0 Å². The van der Waals surface area contributed by atoms with Crippen LogP contribution in [0.15, 0.2) is 54.9 Å². The van der Waals surface area contributed by atoms with Crippen molar-refractivity contribution in [2.75, 3.05) is 6.54 Å². The van der Waals surface area contributed by atoms with E-state index in [1.807, 2.05) is 18.2 Å². The summed E-state index contributed by atoms with van der Waals surface area (Å²) in [6, 6.07) is 12.5.